The van der Waals surface area contributed by atoms with E-state index in [0.717, 1.165) is 25.4 Å². The largest absolute Gasteiger partial charge is 0.493 e. The predicted molar refractivity (Wildman–Crippen MR) is 49.1 cm³/mol. The van der Waals surface area contributed by atoms with Crippen LogP contribution in [0, 0.1) is 6.92 Å². The first-order valence-corrected chi connectivity index (χ1v) is 4.75. The molecule has 1 heterocycles. The number of rotatable bonds is 0. The van der Waals surface area contributed by atoms with Gasteiger partial charge in [-0.05, 0) is 24.1 Å². The molecule has 2 aliphatic rings. The highest BCUT2D eigenvalue weighted by atomic mass is 16.5. The van der Waals surface area contributed by atoms with Crippen LogP contribution in [-0.4, -0.2) is 13.2 Å². The fourth-order valence-electron chi connectivity index (χ4n) is 1.95. The maximum Gasteiger partial charge on any atom is 0.126 e. The Balaban J connectivity index is 2.06. The van der Waals surface area contributed by atoms with Gasteiger partial charge in [0.15, 0.2) is 0 Å². The van der Waals surface area contributed by atoms with Gasteiger partial charge in [-0.1, -0.05) is 6.07 Å². The Morgan fingerprint density at radius 2 is 2.23 bits per heavy atom. The highest BCUT2D eigenvalue weighted by molar-refractivity contribution is 5.60. The van der Waals surface area contributed by atoms with Crippen molar-refractivity contribution in [3.05, 3.63) is 28.8 Å². The van der Waals surface area contributed by atoms with Crippen LogP contribution in [0.25, 0.3) is 0 Å². The van der Waals surface area contributed by atoms with Crippen molar-refractivity contribution < 1.29 is 9.47 Å². The lowest BCUT2D eigenvalue weighted by Crippen LogP contribution is -2.05. The van der Waals surface area contributed by atoms with Gasteiger partial charge in [0.25, 0.3) is 0 Å². The van der Waals surface area contributed by atoms with Gasteiger partial charge in [0.05, 0.1) is 13.2 Å². The minimum Gasteiger partial charge on any atom is -0.493 e. The van der Waals surface area contributed by atoms with E-state index >= 15 is 0 Å². The molecule has 1 aliphatic carbocycles. The molecule has 0 aromatic heterocycles. The van der Waals surface area contributed by atoms with Crippen LogP contribution in [0.1, 0.15) is 29.2 Å². The summed E-state index contributed by atoms with van der Waals surface area (Å²) < 4.78 is 11.3. The Morgan fingerprint density at radius 1 is 1.31 bits per heavy atom. The van der Waals surface area contributed by atoms with Gasteiger partial charge in [0.1, 0.15) is 11.9 Å². The summed E-state index contributed by atoms with van der Waals surface area (Å²) in [5.41, 5.74) is 3.88. The summed E-state index contributed by atoms with van der Waals surface area (Å²) in [6.07, 6.45) is 1.25. The molecule has 0 saturated heterocycles. The molecule has 0 N–H and O–H groups in total. The van der Waals surface area contributed by atoms with Gasteiger partial charge in [-0.2, -0.15) is 0 Å². The Bertz CT molecular complexity index is 357. The van der Waals surface area contributed by atoms with Gasteiger partial charge in [0.2, 0.25) is 0 Å². The van der Waals surface area contributed by atoms with Gasteiger partial charge < -0.3 is 9.47 Å². The lowest BCUT2D eigenvalue weighted by molar-refractivity contribution is 0.0882. The summed E-state index contributed by atoms with van der Waals surface area (Å²) in [4.78, 5) is 0. The summed E-state index contributed by atoms with van der Waals surface area (Å²) in [6, 6.07) is 4.30. The van der Waals surface area contributed by atoms with Gasteiger partial charge >= 0.3 is 0 Å². The molecule has 2 heteroatoms. The van der Waals surface area contributed by atoms with E-state index in [-0.39, 0.29) is 6.10 Å². The Labute approximate surface area is 77.5 Å². The molecule has 2 nitrogen and oxygen atoms in total. The molecule has 0 unspecified atom stereocenters. The summed E-state index contributed by atoms with van der Waals surface area (Å²) in [6.45, 7) is 3.70. The summed E-state index contributed by atoms with van der Waals surface area (Å²) in [5.74, 6) is 1.04. The number of hydrogen-bond acceptors (Lipinski definition) is 2. The summed E-state index contributed by atoms with van der Waals surface area (Å²) in [5, 5.41) is 0. The lowest BCUT2D eigenvalue weighted by Gasteiger charge is -2.09. The van der Waals surface area contributed by atoms with Crippen LogP contribution in [0.2, 0.25) is 0 Å². The predicted octanol–water partition coefficient (Wildman–Crippen LogP) is 2.20. The van der Waals surface area contributed by atoms with Gasteiger partial charge in [-0.3, -0.25) is 0 Å². The van der Waals surface area contributed by atoms with Crippen LogP contribution in [0.5, 0.6) is 5.75 Å². The molecule has 1 aromatic rings. The molecular weight excluding hydrogens is 164 g/mol. The molecular formula is C11H12O2. The molecule has 0 saturated carbocycles. The number of ether oxygens (including phenoxy) is 2. The fourth-order valence-corrected chi connectivity index (χ4v) is 1.95. The smallest absolute Gasteiger partial charge is 0.126 e. The van der Waals surface area contributed by atoms with Crippen LogP contribution < -0.4 is 4.74 Å². The topological polar surface area (TPSA) is 18.5 Å². The Kier molecular flexibility index (Phi) is 1.41. The minimum atomic E-state index is 0.254. The van der Waals surface area contributed by atoms with Crippen molar-refractivity contribution in [1.82, 2.24) is 0 Å². The van der Waals surface area contributed by atoms with Crippen LogP contribution in [0.4, 0.5) is 0 Å². The number of fused-ring (bicyclic) bond motifs is 1. The molecule has 0 amide bonds. The molecule has 3 rings (SSSR count). The molecule has 1 atom stereocenters. The SMILES string of the molecule is Cc1cc2c3c(c1)[C@H]3OCCCO2. The van der Waals surface area contributed by atoms with E-state index in [0.29, 0.717) is 0 Å². The summed E-state index contributed by atoms with van der Waals surface area (Å²) in [7, 11) is 0. The Morgan fingerprint density at radius 3 is 3.15 bits per heavy atom. The third-order valence-electron chi connectivity index (χ3n) is 2.61. The van der Waals surface area contributed by atoms with Crippen molar-refractivity contribution in [3.63, 3.8) is 0 Å². The lowest BCUT2D eigenvalue weighted by atomic mass is 10.2. The van der Waals surface area contributed by atoms with E-state index in [2.05, 4.69) is 19.1 Å². The average Bonchev–Trinajstić information content (AvgIpc) is 2.72. The van der Waals surface area contributed by atoms with E-state index in [9.17, 15) is 0 Å². The van der Waals surface area contributed by atoms with Gasteiger partial charge in [0, 0.05) is 12.0 Å². The van der Waals surface area contributed by atoms with Crippen molar-refractivity contribution in [2.45, 2.75) is 19.4 Å². The molecule has 13 heavy (non-hydrogen) atoms. The van der Waals surface area contributed by atoms with E-state index in [1.165, 1.54) is 16.7 Å². The van der Waals surface area contributed by atoms with Gasteiger partial charge in [-0.25, -0.2) is 0 Å². The number of hydrogen-bond donors (Lipinski definition) is 0. The normalized spacial score (nSPS) is 23.9. The number of aryl methyl sites for hydroxylation is 1. The first-order valence-electron chi connectivity index (χ1n) is 4.75. The molecule has 68 valence electrons. The third-order valence-corrected chi connectivity index (χ3v) is 2.61. The zero-order valence-corrected chi connectivity index (χ0v) is 7.67. The fraction of sp³-hybridized carbons (Fsp3) is 0.455. The second-order valence-corrected chi connectivity index (χ2v) is 3.72. The maximum absolute atomic E-state index is 5.68. The van der Waals surface area contributed by atoms with Crippen molar-refractivity contribution in [3.8, 4) is 5.75 Å². The van der Waals surface area contributed by atoms with Gasteiger partial charge in [-0.15, -0.1) is 0 Å². The average molecular weight is 176 g/mol. The van der Waals surface area contributed by atoms with E-state index in [1.807, 2.05) is 0 Å². The first-order chi connectivity index (χ1) is 6.36. The second-order valence-electron chi connectivity index (χ2n) is 3.72. The monoisotopic (exact) mass is 176 g/mol. The van der Waals surface area contributed by atoms with E-state index in [1.54, 1.807) is 0 Å². The standard InChI is InChI=1S/C11H12O2/c1-7-5-8-10-9(6-7)12-3-2-4-13-11(8)10/h5-6,11H,2-4H2,1H3/t11-/m1/s1. The van der Waals surface area contributed by atoms with Crippen LogP contribution in [0.3, 0.4) is 0 Å². The molecule has 1 aliphatic heterocycles. The Hall–Kier alpha value is -1.02. The number of benzene rings is 1. The minimum absolute atomic E-state index is 0.254. The zero-order chi connectivity index (χ0) is 8.84. The molecule has 0 bridgehead atoms. The third kappa shape index (κ3) is 1.05. The van der Waals surface area contributed by atoms with E-state index < -0.39 is 0 Å². The highest BCUT2D eigenvalue weighted by Gasteiger charge is 2.38. The molecule has 0 spiro atoms. The molecule has 0 fully saturated rings. The van der Waals surface area contributed by atoms with Crippen molar-refractivity contribution in [2.24, 2.45) is 0 Å². The van der Waals surface area contributed by atoms with Crippen molar-refractivity contribution in [2.75, 3.05) is 13.2 Å². The van der Waals surface area contributed by atoms with Crippen molar-refractivity contribution in [1.29, 1.82) is 0 Å². The van der Waals surface area contributed by atoms with Crippen molar-refractivity contribution >= 4 is 0 Å². The highest BCUT2D eigenvalue weighted by Crippen LogP contribution is 2.51. The zero-order valence-electron chi connectivity index (χ0n) is 7.67. The van der Waals surface area contributed by atoms with E-state index in [4.69, 9.17) is 9.47 Å². The first kappa shape index (κ1) is 7.39. The van der Waals surface area contributed by atoms with Crippen LogP contribution in [0.15, 0.2) is 12.1 Å². The molecule has 0 radical (unpaired) electrons. The van der Waals surface area contributed by atoms with Crippen LogP contribution >= 0.6 is 0 Å². The van der Waals surface area contributed by atoms with Crippen LogP contribution in [-0.2, 0) is 4.74 Å². The molecule has 1 aromatic carbocycles. The summed E-state index contributed by atoms with van der Waals surface area (Å²) >= 11 is 0. The second kappa shape index (κ2) is 2.48. The maximum atomic E-state index is 5.68. The quantitative estimate of drug-likeness (QED) is 0.603.